The number of fused-ring (bicyclic) bond motifs is 1. The molecule has 1 N–H and O–H groups in total. The molecule has 0 unspecified atom stereocenters. The molecule has 0 spiro atoms. The van der Waals surface area contributed by atoms with Gasteiger partial charge in [0.2, 0.25) is 0 Å². The SMILES string of the molecule is CC1=C2CCC[C@H](O)[C@@]2(C)CC(=Cc2ccccc2I)C1=O. The van der Waals surface area contributed by atoms with Crippen molar-refractivity contribution in [1.29, 1.82) is 0 Å². The Labute approximate surface area is 145 Å². The van der Waals surface area contributed by atoms with Gasteiger partial charge in [-0.15, -0.1) is 0 Å². The number of aliphatic hydroxyl groups is 1. The maximum atomic E-state index is 12.7. The van der Waals surface area contributed by atoms with E-state index in [0.29, 0.717) is 6.42 Å². The lowest BCUT2D eigenvalue weighted by Crippen LogP contribution is -2.42. The summed E-state index contributed by atoms with van der Waals surface area (Å²) in [6.07, 6.45) is 5.06. The molecule has 22 heavy (non-hydrogen) atoms. The van der Waals surface area contributed by atoms with Gasteiger partial charge in [-0.05, 0) is 78.5 Å². The number of halogens is 1. The van der Waals surface area contributed by atoms with Crippen molar-refractivity contribution in [2.75, 3.05) is 0 Å². The highest BCUT2D eigenvalue weighted by atomic mass is 127. The Bertz CT molecular complexity index is 686. The molecule has 0 saturated heterocycles. The summed E-state index contributed by atoms with van der Waals surface area (Å²) in [6, 6.07) is 8.08. The minimum absolute atomic E-state index is 0.154. The largest absolute Gasteiger partial charge is 0.392 e. The number of carbonyl (C=O) groups is 1. The van der Waals surface area contributed by atoms with E-state index in [1.807, 2.05) is 37.3 Å². The van der Waals surface area contributed by atoms with Crippen molar-refractivity contribution in [1.82, 2.24) is 0 Å². The summed E-state index contributed by atoms with van der Waals surface area (Å²) in [5, 5.41) is 10.5. The van der Waals surface area contributed by atoms with Crippen LogP contribution >= 0.6 is 22.6 Å². The number of Topliss-reactive ketones (excluding diaryl/α,β-unsaturated/α-hetero) is 1. The van der Waals surface area contributed by atoms with Crippen LogP contribution in [0.1, 0.15) is 45.1 Å². The molecule has 0 heterocycles. The van der Waals surface area contributed by atoms with Gasteiger partial charge in [-0.1, -0.05) is 30.7 Å². The third-order valence-corrected chi connectivity index (χ3v) is 6.19. The number of hydrogen-bond donors (Lipinski definition) is 1. The summed E-state index contributed by atoms with van der Waals surface area (Å²) in [5.41, 5.74) is 3.66. The predicted molar refractivity (Wildman–Crippen MR) is 97.4 cm³/mol. The second-order valence-electron chi connectivity index (χ2n) is 6.63. The smallest absolute Gasteiger partial charge is 0.184 e. The lowest BCUT2D eigenvalue weighted by atomic mass is 9.61. The van der Waals surface area contributed by atoms with Crippen LogP contribution in [0.25, 0.3) is 6.08 Å². The first-order chi connectivity index (χ1) is 10.4. The van der Waals surface area contributed by atoms with Crippen LogP contribution in [0.2, 0.25) is 0 Å². The maximum Gasteiger partial charge on any atom is 0.184 e. The molecular weight excluding hydrogens is 387 g/mol. The highest BCUT2D eigenvalue weighted by Crippen LogP contribution is 2.50. The van der Waals surface area contributed by atoms with Gasteiger partial charge in [-0.25, -0.2) is 0 Å². The number of rotatable bonds is 1. The Morgan fingerprint density at radius 3 is 2.82 bits per heavy atom. The van der Waals surface area contributed by atoms with Gasteiger partial charge in [-0.3, -0.25) is 4.79 Å². The van der Waals surface area contributed by atoms with Gasteiger partial charge in [0.15, 0.2) is 5.78 Å². The minimum Gasteiger partial charge on any atom is -0.392 e. The van der Waals surface area contributed by atoms with Gasteiger partial charge in [0.25, 0.3) is 0 Å². The van der Waals surface area contributed by atoms with Gasteiger partial charge < -0.3 is 5.11 Å². The van der Waals surface area contributed by atoms with E-state index in [1.165, 1.54) is 5.57 Å². The van der Waals surface area contributed by atoms with Crippen molar-refractivity contribution >= 4 is 34.5 Å². The molecule has 3 heteroatoms. The van der Waals surface area contributed by atoms with Crippen LogP contribution in [0.5, 0.6) is 0 Å². The Morgan fingerprint density at radius 2 is 2.09 bits per heavy atom. The normalized spacial score (nSPS) is 30.6. The predicted octanol–water partition coefficient (Wildman–Crippen LogP) is 4.52. The number of benzene rings is 1. The second kappa shape index (κ2) is 5.93. The lowest BCUT2D eigenvalue weighted by Gasteiger charge is -2.45. The van der Waals surface area contributed by atoms with E-state index in [9.17, 15) is 9.90 Å². The number of aliphatic hydroxyl groups excluding tert-OH is 1. The zero-order valence-electron chi connectivity index (χ0n) is 13.0. The second-order valence-corrected chi connectivity index (χ2v) is 7.79. The Hall–Kier alpha value is -0.940. The van der Waals surface area contributed by atoms with Crippen molar-refractivity contribution in [3.05, 3.63) is 50.1 Å². The van der Waals surface area contributed by atoms with E-state index in [4.69, 9.17) is 0 Å². The van der Waals surface area contributed by atoms with Crippen LogP contribution in [0.3, 0.4) is 0 Å². The highest BCUT2D eigenvalue weighted by molar-refractivity contribution is 14.1. The lowest BCUT2D eigenvalue weighted by molar-refractivity contribution is -0.113. The first-order valence-electron chi connectivity index (χ1n) is 7.81. The Morgan fingerprint density at radius 1 is 1.36 bits per heavy atom. The molecule has 3 rings (SSSR count). The molecule has 1 saturated carbocycles. The number of carbonyl (C=O) groups excluding carboxylic acids is 1. The van der Waals surface area contributed by atoms with Crippen LogP contribution in [0.4, 0.5) is 0 Å². The molecule has 0 bridgehead atoms. The summed E-state index contributed by atoms with van der Waals surface area (Å²) in [4.78, 5) is 12.7. The summed E-state index contributed by atoms with van der Waals surface area (Å²) in [7, 11) is 0. The fourth-order valence-electron chi connectivity index (χ4n) is 3.87. The summed E-state index contributed by atoms with van der Waals surface area (Å²) in [6.45, 7) is 4.04. The summed E-state index contributed by atoms with van der Waals surface area (Å²) < 4.78 is 1.14. The van der Waals surface area contributed by atoms with Crippen molar-refractivity contribution in [2.45, 2.75) is 45.6 Å². The molecule has 2 nitrogen and oxygen atoms in total. The quantitative estimate of drug-likeness (QED) is 0.548. The third-order valence-electron chi connectivity index (χ3n) is 5.21. The van der Waals surface area contributed by atoms with Crippen LogP contribution in [-0.4, -0.2) is 17.0 Å². The number of ketones is 1. The molecule has 1 fully saturated rings. The fourth-order valence-corrected chi connectivity index (χ4v) is 4.41. The zero-order chi connectivity index (χ0) is 15.9. The average Bonchev–Trinajstić information content (AvgIpc) is 2.49. The molecule has 2 atom stereocenters. The van der Waals surface area contributed by atoms with E-state index in [-0.39, 0.29) is 17.3 Å². The van der Waals surface area contributed by atoms with Crippen LogP contribution in [0.15, 0.2) is 41.0 Å². The molecule has 1 aromatic carbocycles. The Kier molecular flexibility index (Phi) is 4.29. The molecule has 1 aromatic rings. The van der Waals surface area contributed by atoms with E-state index >= 15 is 0 Å². The number of hydrogen-bond acceptors (Lipinski definition) is 2. The van der Waals surface area contributed by atoms with Crippen molar-refractivity contribution in [2.24, 2.45) is 5.41 Å². The maximum absolute atomic E-state index is 12.7. The molecule has 2 aliphatic rings. The molecule has 0 aromatic heterocycles. The van der Waals surface area contributed by atoms with Crippen LogP contribution in [-0.2, 0) is 4.79 Å². The minimum atomic E-state index is -0.349. The standard InChI is InChI=1S/C19H21IO2/c1-12-15-7-5-9-17(21)19(15,2)11-14(18(12)22)10-13-6-3-4-8-16(13)20/h3-4,6,8,10,17,21H,5,7,9,11H2,1-2H3/t17-,19-/m0/s1. The molecule has 0 aliphatic heterocycles. The van der Waals surface area contributed by atoms with Gasteiger partial charge in [0, 0.05) is 14.6 Å². The summed E-state index contributed by atoms with van der Waals surface area (Å²) >= 11 is 2.30. The summed E-state index contributed by atoms with van der Waals surface area (Å²) in [5.74, 6) is 0.154. The molecule has 0 radical (unpaired) electrons. The molecule has 2 aliphatic carbocycles. The average molecular weight is 408 g/mol. The van der Waals surface area contributed by atoms with Crippen LogP contribution in [0, 0.1) is 8.99 Å². The van der Waals surface area contributed by atoms with E-state index in [1.54, 1.807) is 0 Å². The van der Waals surface area contributed by atoms with Crippen molar-refractivity contribution < 1.29 is 9.90 Å². The zero-order valence-corrected chi connectivity index (χ0v) is 15.2. The monoisotopic (exact) mass is 408 g/mol. The van der Waals surface area contributed by atoms with Crippen LogP contribution < -0.4 is 0 Å². The van der Waals surface area contributed by atoms with Crippen molar-refractivity contribution in [3.8, 4) is 0 Å². The first kappa shape index (κ1) is 15.9. The van der Waals surface area contributed by atoms with Gasteiger partial charge in [-0.2, -0.15) is 0 Å². The molecule has 116 valence electrons. The first-order valence-corrected chi connectivity index (χ1v) is 8.89. The van der Waals surface area contributed by atoms with Crippen molar-refractivity contribution in [3.63, 3.8) is 0 Å². The van der Waals surface area contributed by atoms with Gasteiger partial charge >= 0.3 is 0 Å². The van der Waals surface area contributed by atoms with Gasteiger partial charge in [0.05, 0.1) is 6.10 Å². The van der Waals surface area contributed by atoms with Gasteiger partial charge in [0.1, 0.15) is 0 Å². The third kappa shape index (κ3) is 2.58. The molecule has 0 amide bonds. The molecular formula is C19H21IO2. The van der Waals surface area contributed by atoms with E-state index in [0.717, 1.165) is 39.5 Å². The van der Waals surface area contributed by atoms with E-state index < -0.39 is 0 Å². The highest BCUT2D eigenvalue weighted by Gasteiger charge is 2.45. The van der Waals surface area contributed by atoms with E-state index in [2.05, 4.69) is 29.5 Å². The number of allylic oxidation sites excluding steroid dienone is 2. The topological polar surface area (TPSA) is 37.3 Å². The Balaban J connectivity index is 2.08. The fraction of sp³-hybridized carbons (Fsp3) is 0.421.